The first-order valence-corrected chi connectivity index (χ1v) is 5.65. The third-order valence-electron chi connectivity index (χ3n) is 2.69. The molecule has 0 radical (unpaired) electrons. The highest BCUT2D eigenvalue weighted by Gasteiger charge is 2.14. The van der Waals surface area contributed by atoms with Crippen molar-refractivity contribution in [3.8, 4) is 0 Å². The number of aryl methyl sites for hydroxylation is 2. The number of nitrogens with zero attached hydrogens (tertiary/aromatic N) is 4. The molecule has 1 unspecified atom stereocenters. The summed E-state index contributed by atoms with van der Waals surface area (Å²) in [6.45, 7) is 0. The van der Waals surface area contributed by atoms with Crippen molar-refractivity contribution in [3.05, 3.63) is 41.7 Å². The van der Waals surface area contributed by atoms with Gasteiger partial charge in [-0.3, -0.25) is 0 Å². The Bertz CT molecular complexity index is 524. The van der Waals surface area contributed by atoms with Gasteiger partial charge in [0.2, 0.25) is 0 Å². The minimum Gasteiger partial charge on any atom is -0.549 e. The fourth-order valence-electron chi connectivity index (χ4n) is 1.80. The molecule has 0 aliphatic carbocycles. The molecule has 0 saturated heterocycles. The highest BCUT2D eigenvalue weighted by atomic mass is 16.4. The van der Waals surface area contributed by atoms with Gasteiger partial charge >= 0.3 is 0 Å². The number of benzene rings is 1. The van der Waals surface area contributed by atoms with Gasteiger partial charge in [0.15, 0.2) is 5.82 Å². The van der Waals surface area contributed by atoms with Gasteiger partial charge in [-0.2, -0.15) is 4.80 Å². The first-order chi connectivity index (χ1) is 8.66. The van der Waals surface area contributed by atoms with Crippen LogP contribution in [0.5, 0.6) is 0 Å². The van der Waals surface area contributed by atoms with Gasteiger partial charge in [-0.05, 0) is 17.2 Å². The molecule has 1 heterocycles. The Kier molecular flexibility index (Phi) is 3.66. The summed E-state index contributed by atoms with van der Waals surface area (Å²) in [5.41, 5.74) is 0.737. The summed E-state index contributed by atoms with van der Waals surface area (Å²) in [5, 5.41) is 22.7. The molecule has 0 amide bonds. The fraction of sp³-hybridized carbons (Fsp3) is 0.333. The van der Waals surface area contributed by atoms with E-state index in [1.165, 1.54) is 4.80 Å². The molecule has 1 atom stereocenters. The lowest BCUT2D eigenvalue weighted by atomic mass is 9.94. The standard InChI is InChI=1S/C12H14N4O2/c1-16-14-11(13-15-16)8-7-10(12(17)18)9-5-3-2-4-6-9/h2-6,10H,7-8H2,1H3,(H,17,18)/p-1. The molecule has 0 bridgehead atoms. The zero-order chi connectivity index (χ0) is 13.0. The van der Waals surface area contributed by atoms with E-state index in [9.17, 15) is 9.90 Å². The van der Waals surface area contributed by atoms with Crippen molar-refractivity contribution in [2.24, 2.45) is 7.05 Å². The molecule has 2 rings (SSSR count). The number of carbonyl (C=O) groups excluding carboxylic acids is 1. The van der Waals surface area contributed by atoms with Gasteiger partial charge in [0.25, 0.3) is 0 Å². The van der Waals surface area contributed by atoms with E-state index in [0.29, 0.717) is 18.7 Å². The SMILES string of the molecule is Cn1nnc(CCC(C(=O)[O-])c2ccccc2)n1. The van der Waals surface area contributed by atoms with Crippen LogP contribution in [-0.2, 0) is 18.3 Å². The molecule has 0 saturated carbocycles. The summed E-state index contributed by atoms with van der Waals surface area (Å²) < 4.78 is 0. The number of hydrogen-bond donors (Lipinski definition) is 0. The first kappa shape index (κ1) is 12.2. The number of hydrogen-bond acceptors (Lipinski definition) is 5. The third kappa shape index (κ3) is 2.91. The lowest BCUT2D eigenvalue weighted by Crippen LogP contribution is -2.30. The van der Waals surface area contributed by atoms with Crippen LogP contribution in [0, 0.1) is 0 Å². The molecule has 18 heavy (non-hydrogen) atoms. The molecule has 0 aliphatic heterocycles. The minimum absolute atomic E-state index is 0.401. The van der Waals surface area contributed by atoms with Crippen LogP contribution in [0.2, 0.25) is 0 Å². The number of tetrazole rings is 1. The quantitative estimate of drug-likeness (QED) is 0.720. The van der Waals surface area contributed by atoms with Gasteiger partial charge < -0.3 is 9.90 Å². The van der Waals surface area contributed by atoms with Crippen molar-refractivity contribution < 1.29 is 9.90 Å². The Morgan fingerprint density at radius 1 is 1.39 bits per heavy atom. The number of carboxylic acid groups (broad SMARTS) is 1. The van der Waals surface area contributed by atoms with E-state index < -0.39 is 11.9 Å². The molecular formula is C12H13N4O2-. The van der Waals surface area contributed by atoms with Gasteiger partial charge in [-0.1, -0.05) is 30.3 Å². The summed E-state index contributed by atoms with van der Waals surface area (Å²) in [7, 11) is 1.67. The lowest BCUT2D eigenvalue weighted by Gasteiger charge is -2.17. The molecule has 1 aromatic heterocycles. The minimum atomic E-state index is -1.08. The maximum absolute atomic E-state index is 11.2. The van der Waals surface area contributed by atoms with E-state index in [1.807, 2.05) is 18.2 Å². The smallest absolute Gasteiger partial charge is 0.174 e. The first-order valence-electron chi connectivity index (χ1n) is 5.65. The molecule has 0 aliphatic rings. The monoisotopic (exact) mass is 245 g/mol. The van der Waals surface area contributed by atoms with E-state index in [0.717, 1.165) is 5.56 Å². The Balaban J connectivity index is 2.06. The highest BCUT2D eigenvalue weighted by molar-refractivity contribution is 5.73. The van der Waals surface area contributed by atoms with Crippen LogP contribution in [0.1, 0.15) is 23.7 Å². The van der Waals surface area contributed by atoms with Crippen molar-refractivity contribution in [1.82, 2.24) is 20.2 Å². The normalized spacial score (nSPS) is 12.3. The zero-order valence-electron chi connectivity index (χ0n) is 9.98. The molecule has 2 aromatic rings. The topological polar surface area (TPSA) is 83.7 Å². The molecule has 94 valence electrons. The van der Waals surface area contributed by atoms with E-state index in [4.69, 9.17) is 0 Å². The van der Waals surface area contributed by atoms with Crippen LogP contribution in [0.3, 0.4) is 0 Å². The summed E-state index contributed by atoms with van der Waals surface area (Å²) >= 11 is 0. The second-order valence-corrected chi connectivity index (χ2v) is 4.02. The van der Waals surface area contributed by atoms with Crippen LogP contribution in [0.25, 0.3) is 0 Å². The number of aliphatic carboxylic acids is 1. The maximum atomic E-state index is 11.2. The van der Waals surface area contributed by atoms with Crippen molar-refractivity contribution in [2.45, 2.75) is 18.8 Å². The molecule has 0 fully saturated rings. The number of aromatic nitrogens is 4. The van der Waals surface area contributed by atoms with Gasteiger partial charge in [0.05, 0.1) is 7.05 Å². The predicted molar refractivity (Wildman–Crippen MR) is 61.3 cm³/mol. The van der Waals surface area contributed by atoms with E-state index in [1.54, 1.807) is 19.2 Å². The largest absolute Gasteiger partial charge is 0.549 e. The Morgan fingerprint density at radius 2 is 2.11 bits per heavy atom. The van der Waals surface area contributed by atoms with Crippen LogP contribution in [-0.4, -0.2) is 26.2 Å². The Morgan fingerprint density at radius 3 is 2.67 bits per heavy atom. The summed E-state index contributed by atoms with van der Waals surface area (Å²) in [5.74, 6) is -1.18. The van der Waals surface area contributed by atoms with Gasteiger partial charge in [-0.15, -0.1) is 10.2 Å². The maximum Gasteiger partial charge on any atom is 0.174 e. The molecule has 6 heteroatoms. The van der Waals surface area contributed by atoms with Crippen molar-refractivity contribution in [1.29, 1.82) is 0 Å². The number of carbonyl (C=O) groups is 1. The molecule has 6 nitrogen and oxygen atoms in total. The van der Waals surface area contributed by atoms with Gasteiger partial charge in [0, 0.05) is 18.3 Å². The Labute approximate surface area is 104 Å². The van der Waals surface area contributed by atoms with Gasteiger partial charge in [0.1, 0.15) is 0 Å². The fourth-order valence-corrected chi connectivity index (χ4v) is 1.80. The summed E-state index contributed by atoms with van der Waals surface area (Å²) in [6.07, 6.45) is 0.861. The van der Waals surface area contributed by atoms with Crippen molar-refractivity contribution in [2.75, 3.05) is 0 Å². The molecule has 1 aromatic carbocycles. The zero-order valence-corrected chi connectivity index (χ0v) is 9.98. The second kappa shape index (κ2) is 5.39. The van der Waals surface area contributed by atoms with Crippen LogP contribution < -0.4 is 5.11 Å². The van der Waals surface area contributed by atoms with Crippen molar-refractivity contribution in [3.63, 3.8) is 0 Å². The lowest BCUT2D eigenvalue weighted by molar-refractivity contribution is -0.308. The summed E-state index contributed by atoms with van der Waals surface area (Å²) in [4.78, 5) is 12.5. The predicted octanol–water partition coefficient (Wildman–Crippen LogP) is -0.324. The van der Waals surface area contributed by atoms with Gasteiger partial charge in [-0.25, -0.2) is 0 Å². The molecular weight excluding hydrogens is 232 g/mol. The average molecular weight is 245 g/mol. The molecule has 0 N–H and O–H groups in total. The van der Waals surface area contributed by atoms with E-state index >= 15 is 0 Å². The van der Waals surface area contributed by atoms with Crippen LogP contribution >= 0.6 is 0 Å². The summed E-state index contributed by atoms with van der Waals surface area (Å²) in [6, 6.07) is 9.03. The average Bonchev–Trinajstić information content (AvgIpc) is 2.76. The van der Waals surface area contributed by atoms with Crippen molar-refractivity contribution >= 4 is 5.97 Å². The van der Waals surface area contributed by atoms with Crippen LogP contribution in [0.15, 0.2) is 30.3 Å². The Hall–Kier alpha value is -2.24. The van der Waals surface area contributed by atoms with Crippen LogP contribution in [0.4, 0.5) is 0 Å². The second-order valence-electron chi connectivity index (χ2n) is 4.02. The number of carboxylic acids is 1. The number of rotatable bonds is 5. The molecule has 0 spiro atoms. The van der Waals surface area contributed by atoms with E-state index in [2.05, 4.69) is 15.4 Å². The van der Waals surface area contributed by atoms with E-state index in [-0.39, 0.29) is 0 Å². The highest BCUT2D eigenvalue weighted by Crippen LogP contribution is 2.20. The third-order valence-corrected chi connectivity index (χ3v) is 2.69.